The first-order valence-corrected chi connectivity index (χ1v) is 7.66. The van der Waals surface area contributed by atoms with Gasteiger partial charge in [0.2, 0.25) is 0 Å². The molecule has 1 aliphatic rings. The zero-order valence-corrected chi connectivity index (χ0v) is 12.1. The summed E-state index contributed by atoms with van der Waals surface area (Å²) in [5.74, 6) is 0.106. The summed E-state index contributed by atoms with van der Waals surface area (Å²) in [6, 6.07) is 4.35. The zero-order valence-electron chi connectivity index (χ0n) is 11.2. The lowest BCUT2D eigenvalue weighted by Gasteiger charge is -2.31. The Balaban J connectivity index is 1.84. The van der Waals surface area contributed by atoms with E-state index in [0.717, 1.165) is 43.8 Å². The van der Waals surface area contributed by atoms with E-state index in [0.29, 0.717) is 6.04 Å². The Kier molecular flexibility index (Phi) is 4.78. The third-order valence-corrected chi connectivity index (χ3v) is 4.83. The summed E-state index contributed by atoms with van der Waals surface area (Å²) >= 11 is 1.61. The molecule has 4 heteroatoms. The van der Waals surface area contributed by atoms with Crippen molar-refractivity contribution in [3.8, 4) is 0 Å². The molecule has 0 unspecified atom stereocenters. The highest BCUT2D eigenvalue weighted by molar-refractivity contribution is 7.14. The predicted octanol–water partition coefficient (Wildman–Crippen LogP) is 2.52. The van der Waals surface area contributed by atoms with Crippen molar-refractivity contribution in [1.29, 1.82) is 0 Å². The molecule has 1 aliphatic heterocycles. The van der Waals surface area contributed by atoms with Crippen LogP contribution in [0, 0.1) is 0 Å². The minimum atomic E-state index is 0.106. The van der Waals surface area contributed by atoms with Gasteiger partial charge in [-0.1, -0.05) is 13.8 Å². The third kappa shape index (κ3) is 3.33. The zero-order chi connectivity index (χ0) is 13.0. The van der Waals surface area contributed by atoms with E-state index in [1.807, 2.05) is 6.07 Å². The van der Waals surface area contributed by atoms with Gasteiger partial charge in [-0.15, -0.1) is 11.3 Å². The number of hydrogen-bond acceptors (Lipinski definition) is 3. The molecule has 0 bridgehead atoms. The molecular weight excluding hydrogens is 244 g/mol. The molecule has 100 valence electrons. The molecule has 0 spiro atoms. The second kappa shape index (κ2) is 6.34. The number of aryl methyl sites for hydroxylation is 1. The van der Waals surface area contributed by atoms with Crippen LogP contribution in [0.4, 0.5) is 0 Å². The molecule has 0 aromatic carbocycles. The van der Waals surface area contributed by atoms with E-state index in [4.69, 9.17) is 0 Å². The predicted molar refractivity (Wildman–Crippen MR) is 76.3 cm³/mol. The van der Waals surface area contributed by atoms with Gasteiger partial charge in [0.25, 0.3) is 5.91 Å². The average molecular weight is 266 g/mol. The van der Waals surface area contributed by atoms with Crippen molar-refractivity contribution in [3.05, 3.63) is 21.9 Å². The number of carbonyl (C=O) groups excluding carboxylic acids is 1. The molecule has 1 amide bonds. The summed E-state index contributed by atoms with van der Waals surface area (Å²) in [5.41, 5.74) is 0. The number of nitrogens with one attached hydrogen (secondary N) is 1. The molecule has 1 fully saturated rings. The van der Waals surface area contributed by atoms with Gasteiger partial charge >= 0.3 is 0 Å². The van der Waals surface area contributed by atoms with Gasteiger partial charge < -0.3 is 10.2 Å². The fourth-order valence-corrected chi connectivity index (χ4v) is 3.19. The maximum atomic E-state index is 12.1. The highest BCUT2D eigenvalue weighted by Gasteiger charge is 2.20. The third-order valence-electron chi connectivity index (χ3n) is 3.60. The van der Waals surface area contributed by atoms with Crippen molar-refractivity contribution in [2.45, 2.75) is 39.2 Å². The van der Waals surface area contributed by atoms with E-state index in [-0.39, 0.29) is 5.91 Å². The van der Waals surface area contributed by atoms with Crippen LogP contribution in [0.3, 0.4) is 0 Å². The maximum Gasteiger partial charge on any atom is 0.261 e. The molecular formula is C14H22N2OS. The van der Waals surface area contributed by atoms with Crippen molar-refractivity contribution < 1.29 is 4.79 Å². The van der Waals surface area contributed by atoms with Crippen LogP contribution in [-0.4, -0.2) is 36.5 Å². The first-order valence-electron chi connectivity index (χ1n) is 6.84. The van der Waals surface area contributed by atoms with Crippen LogP contribution in [0.15, 0.2) is 12.1 Å². The van der Waals surface area contributed by atoms with Gasteiger partial charge in [0.05, 0.1) is 4.88 Å². The van der Waals surface area contributed by atoms with Gasteiger partial charge in [-0.3, -0.25) is 4.79 Å². The molecule has 0 radical (unpaired) electrons. The lowest BCUT2D eigenvalue weighted by Crippen LogP contribution is -2.44. The monoisotopic (exact) mass is 266 g/mol. The van der Waals surface area contributed by atoms with Crippen LogP contribution >= 0.6 is 11.3 Å². The Hall–Kier alpha value is -0.870. The van der Waals surface area contributed by atoms with Crippen LogP contribution in [0.5, 0.6) is 0 Å². The normalized spacial score (nSPS) is 17.9. The Morgan fingerprint density at radius 1 is 1.39 bits per heavy atom. The highest BCUT2D eigenvalue weighted by atomic mass is 32.1. The number of piperidine rings is 1. The molecule has 1 saturated heterocycles. The molecule has 2 rings (SSSR count). The SMILES string of the molecule is CCc1ccc(C(=O)NC2CCN(CC)CC2)s1. The first kappa shape index (κ1) is 13.6. The Bertz CT molecular complexity index is 394. The van der Waals surface area contributed by atoms with E-state index in [2.05, 4.69) is 30.1 Å². The quantitative estimate of drug-likeness (QED) is 0.908. The fraction of sp³-hybridized carbons (Fsp3) is 0.643. The summed E-state index contributed by atoms with van der Waals surface area (Å²) in [6.45, 7) is 7.63. The van der Waals surface area contributed by atoms with Gasteiger partial charge in [0.15, 0.2) is 0 Å². The highest BCUT2D eigenvalue weighted by Crippen LogP contribution is 2.18. The molecule has 1 N–H and O–H groups in total. The summed E-state index contributed by atoms with van der Waals surface area (Å²) in [7, 11) is 0. The Morgan fingerprint density at radius 3 is 2.67 bits per heavy atom. The van der Waals surface area contributed by atoms with Gasteiger partial charge in [-0.2, -0.15) is 0 Å². The Morgan fingerprint density at radius 2 is 2.11 bits per heavy atom. The molecule has 1 aromatic rings. The number of amides is 1. The van der Waals surface area contributed by atoms with Crippen LogP contribution in [0.2, 0.25) is 0 Å². The molecule has 0 atom stereocenters. The smallest absolute Gasteiger partial charge is 0.261 e. The van der Waals surface area contributed by atoms with Crippen molar-refractivity contribution in [3.63, 3.8) is 0 Å². The maximum absolute atomic E-state index is 12.1. The standard InChI is InChI=1S/C14H22N2OS/c1-3-12-5-6-13(18-12)14(17)15-11-7-9-16(4-2)10-8-11/h5-6,11H,3-4,7-10H2,1-2H3,(H,15,17). The van der Waals surface area contributed by atoms with Gasteiger partial charge in [-0.05, 0) is 37.9 Å². The molecule has 18 heavy (non-hydrogen) atoms. The number of hydrogen-bond donors (Lipinski definition) is 1. The number of rotatable bonds is 4. The van der Waals surface area contributed by atoms with E-state index in [1.54, 1.807) is 11.3 Å². The van der Waals surface area contributed by atoms with Crippen molar-refractivity contribution >= 4 is 17.2 Å². The van der Waals surface area contributed by atoms with Gasteiger partial charge in [0.1, 0.15) is 0 Å². The lowest BCUT2D eigenvalue weighted by atomic mass is 10.1. The molecule has 3 nitrogen and oxygen atoms in total. The fourth-order valence-electron chi connectivity index (χ4n) is 2.34. The first-order chi connectivity index (χ1) is 8.72. The average Bonchev–Trinajstić information content (AvgIpc) is 2.88. The number of carbonyl (C=O) groups is 1. The Labute approximate surface area is 113 Å². The summed E-state index contributed by atoms with van der Waals surface area (Å²) in [6.07, 6.45) is 3.16. The number of nitrogens with zero attached hydrogens (tertiary/aromatic N) is 1. The second-order valence-corrected chi connectivity index (χ2v) is 5.97. The summed E-state index contributed by atoms with van der Waals surface area (Å²) in [4.78, 5) is 16.6. The summed E-state index contributed by atoms with van der Waals surface area (Å²) in [5, 5.41) is 3.16. The van der Waals surface area contributed by atoms with E-state index in [1.165, 1.54) is 4.88 Å². The molecule has 1 aromatic heterocycles. The van der Waals surface area contributed by atoms with Crippen molar-refractivity contribution in [1.82, 2.24) is 10.2 Å². The van der Waals surface area contributed by atoms with Crippen LogP contribution in [-0.2, 0) is 6.42 Å². The molecule has 0 saturated carbocycles. The minimum Gasteiger partial charge on any atom is -0.349 e. The van der Waals surface area contributed by atoms with Crippen LogP contribution < -0.4 is 5.32 Å². The topological polar surface area (TPSA) is 32.3 Å². The van der Waals surface area contributed by atoms with Gasteiger partial charge in [-0.25, -0.2) is 0 Å². The molecule has 2 heterocycles. The summed E-state index contributed by atoms with van der Waals surface area (Å²) < 4.78 is 0. The lowest BCUT2D eigenvalue weighted by molar-refractivity contribution is 0.0917. The van der Waals surface area contributed by atoms with Crippen molar-refractivity contribution in [2.24, 2.45) is 0 Å². The molecule has 0 aliphatic carbocycles. The van der Waals surface area contributed by atoms with Crippen LogP contribution in [0.1, 0.15) is 41.2 Å². The minimum absolute atomic E-state index is 0.106. The van der Waals surface area contributed by atoms with E-state index < -0.39 is 0 Å². The van der Waals surface area contributed by atoms with Crippen LogP contribution in [0.25, 0.3) is 0 Å². The largest absolute Gasteiger partial charge is 0.349 e. The number of likely N-dealkylation sites (tertiary alicyclic amines) is 1. The van der Waals surface area contributed by atoms with E-state index in [9.17, 15) is 4.79 Å². The van der Waals surface area contributed by atoms with E-state index >= 15 is 0 Å². The second-order valence-electron chi connectivity index (χ2n) is 4.80. The van der Waals surface area contributed by atoms with Gasteiger partial charge in [0, 0.05) is 24.0 Å². The number of thiophene rings is 1. The van der Waals surface area contributed by atoms with Crippen molar-refractivity contribution in [2.75, 3.05) is 19.6 Å².